The third-order valence-corrected chi connectivity index (χ3v) is 4.08. The van der Waals surface area contributed by atoms with Crippen molar-refractivity contribution in [2.75, 3.05) is 5.73 Å². The molecule has 18 heavy (non-hydrogen) atoms. The van der Waals surface area contributed by atoms with E-state index < -0.39 is 14.2 Å². The van der Waals surface area contributed by atoms with E-state index >= 15 is 0 Å². The van der Waals surface area contributed by atoms with Gasteiger partial charge in [-0.1, -0.05) is 0 Å². The zero-order chi connectivity index (χ0) is 13.2. The zero-order valence-electron chi connectivity index (χ0n) is 9.09. The standard InChI is InChI=1S/C10H10AsN3O4/c12-10-13-6-5-9(14-10)18-8-3-1-7(2-4-8)11(15,16)17/h1-6H,(H2,12,13,14)(H2,15,16,17). The van der Waals surface area contributed by atoms with E-state index in [1.807, 2.05) is 0 Å². The first-order valence-corrected chi connectivity index (χ1v) is 8.26. The van der Waals surface area contributed by atoms with Gasteiger partial charge in [-0.05, 0) is 0 Å². The number of nitrogens with two attached hydrogens (primary N) is 1. The Bertz CT molecular complexity index is 596. The molecule has 1 aromatic heterocycles. The van der Waals surface area contributed by atoms with Gasteiger partial charge in [0.2, 0.25) is 0 Å². The van der Waals surface area contributed by atoms with Gasteiger partial charge in [0.15, 0.2) is 0 Å². The Kier molecular flexibility index (Phi) is 3.38. The van der Waals surface area contributed by atoms with Gasteiger partial charge < -0.3 is 0 Å². The van der Waals surface area contributed by atoms with E-state index in [9.17, 15) is 3.74 Å². The van der Waals surface area contributed by atoms with Crippen LogP contribution < -0.4 is 14.8 Å². The molecule has 0 aliphatic rings. The molecule has 0 aliphatic carbocycles. The van der Waals surface area contributed by atoms with E-state index in [4.69, 9.17) is 18.7 Å². The average Bonchev–Trinajstić information content (AvgIpc) is 2.28. The Hall–Kier alpha value is -1.82. The molecule has 0 saturated heterocycles. The summed E-state index contributed by atoms with van der Waals surface area (Å²) in [6.07, 6.45) is 1.45. The fraction of sp³-hybridized carbons (Fsp3) is 0. The predicted molar refractivity (Wildman–Crippen MR) is 63.5 cm³/mol. The van der Waals surface area contributed by atoms with E-state index in [-0.39, 0.29) is 16.2 Å². The molecular weight excluding hydrogens is 301 g/mol. The van der Waals surface area contributed by atoms with Crippen LogP contribution in [0.4, 0.5) is 5.95 Å². The summed E-state index contributed by atoms with van der Waals surface area (Å²) in [6.45, 7) is 0. The van der Waals surface area contributed by atoms with Crippen molar-refractivity contribution in [1.82, 2.24) is 9.97 Å². The second kappa shape index (κ2) is 4.81. The third kappa shape index (κ3) is 3.10. The summed E-state index contributed by atoms with van der Waals surface area (Å²) in [4.78, 5) is 7.55. The van der Waals surface area contributed by atoms with E-state index in [1.165, 1.54) is 36.5 Å². The monoisotopic (exact) mass is 311 g/mol. The van der Waals surface area contributed by atoms with Crippen molar-refractivity contribution in [3.8, 4) is 11.6 Å². The van der Waals surface area contributed by atoms with Gasteiger partial charge in [0.05, 0.1) is 0 Å². The molecule has 4 N–H and O–H groups in total. The summed E-state index contributed by atoms with van der Waals surface area (Å²) in [5.74, 6) is 0.750. The molecule has 0 spiro atoms. The molecule has 7 nitrogen and oxygen atoms in total. The topological polar surface area (TPSA) is 119 Å². The van der Waals surface area contributed by atoms with Crippen LogP contribution in [-0.4, -0.2) is 32.3 Å². The van der Waals surface area contributed by atoms with Gasteiger partial charge in [-0.15, -0.1) is 0 Å². The van der Waals surface area contributed by atoms with Gasteiger partial charge in [-0.25, -0.2) is 0 Å². The summed E-state index contributed by atoms with van der Waals surface area (Å²) in [5.41, 5.74) is 5.39. The Labute approximate surface area is 105 Å². The van der Waals surface area contributed by atoms with Gasteiger partial charge in [0.25, 0.3) is 0 Å². The first-order valence-electron chi connectivity index (χ1n) is 4.88. The third-order valence-electron chi connectivity index (χ3n) is 2.04. The molecule has 2 aromatic rings. The van der Waals surface area contributed by atoms with Crippen molar-refractivity contribution in [2.24, 2.45) is 0 Å². The first-order chi connectivity index (χ1) is 8.45. The number of hydrogen-bond acceptors (Lipinski definition) is 5. The summed E-state index contributed by atoms with van der Waals surface area (Å²) in [6, 6.07) is 7.07. The van der Waals surface area contributed by atoms with Gasteiger partial charge in [-0.2, -0.15) is 0 Å². The average molecular weight is 311 g/mol. The Balaban J connectivity index is 2.19. The van der Waals surface area contributed by atoms with Crippen LogP contribution in [-0.2, 0) is 3.74 Å². The van der Waals surface area contributed by atoms with Crippen molar-refractivity contribution >= 4 is 24.5 Å². The molecule has 0 unspecified atom stereocenters. The Morgan fingerprint density at radius 1 is 1.17 bits per heavy atom. The van der Waals surface area contributed by atoms with Crippen LogP contribution in [0.2, 0.25) is 0 Å². The number of ether oxygens (including phenoxy) is 1. The molecule has 0 atom stereocenters. The van der Waals surface area contributed by atoms with Crippen LogP contribution in [0.3, 0.4) is 0 Å². The van der Waals surface area contributed by atoms with Crippen molar-refractivity contribution in [2.45, 2.75) is 0 Å². The van der Waals surface area contributed by atoms with Gasteiger partial charge in [0, 0.05) is 0 Å². The maximum atomic E-state index is 11.0. The van der Waals surface area contributed by atoms with E-state index in [0.717, 1.165) is 0 Å². The van der Waals surface area contributed by atoms with Crippen LogP contribution in [0, 0.1) is 0 Å². The number of nitrogens with zero attached hydrogens (tertiary/aromatic N) is 2. The molecule has 0 saturated carbocycles. The van der Waals surface area contributed by atoms with Crippen molar-refractivity contribution in [3.05, 3.63) is 36.5 Å². The molecule has 0 fully saturated rings. The van der Waals surface area contributed by atoms with E-state index in [0.29, 0.717) is 5.75 Å². The maximum absolute atomic E-state index is 11.0. The summed E-state index contributed by atoms with van der Waals surface area (Å²) < 4.78 is 34.4. The molecular formula is C10H10AsN3O4. The number of hydrogen-bond donors (Lipinski definition) is 3. The summed E-state index contributed by atoms with van der Waals surface area (Å²) in [5, 5.41) is 0. The van der Waals surface area contributed by atoms with Crippen LogP contribution in [0.15, 0.2) is 36.5 Å². The van der Waals surface area contributed by atoms with Crippen LogP contribution >= 0.6 is 0 Å². The first kappa shape index (κ1) is 12.6. The summed E-state index contributed by atoms with van der Waals surface area (Å²) >= 11 is -4.84. The molecule has 0 amide bonds. The Morgan fingerprint density at radius 3 is 2.39 bits per heavy atom. The SMILES string of the molecule is Nc1nccc(Oc2ccc([As](=O)(O)O)cc2)n1. The molecule has 8 heteroatoms. The fourth-order valence-corrected chi connectivity index (χ4v) is 2.37. The molecule has 94 valence electrons. The summed E-state index contributed by atoms with van der Waals surface area (Å²) in [7, 11) is 0. The number of benzene rings is 1. The van der Waals surface area contributed by atoms with Crippen molar-refractivity contribution in [1.29, 1.82) is 0 Å². The molecule has 0 aliphatic heterocycles. The molecule has 2 rings (SSSR count). The van der Waals surface area contributed by atoms with Crippen molar-refractivity contribution in [3.63, 3.8) is 0 Å². The molecule has 1 heterocycles. The predicted octanol–water partition coefficient (Wildman–Crippen LogP) is -0.588. The minimum atomic E-state index is -4.84. The number of rotatable bonds is 3. The molecule has 0 bridgehead atoms. The van der Waals surface area contributed by atoms with Crippen molar-refractivity contribution < 1.29 is 16.7 Å². The number of aromatic nitrogens is 2. The van der Waals surface area contributed by atoms with Gasteiger partial charge >= 0.3 is 105 Å². The quantitative estimate of drug-likeness (QED) is 0.648. The second-order valence-corrected chi connectivity index (χ2v) is 6.76. The normalized spacial score (nSPS) is 11.2. The minimum absolute atomic E-state index is 0.0114. The zero-order valence-corrected chi connectivity index (χ0v) is 11.0. The van der Waals surface area contributed by atoms with Crippen LogP contribution in [0.5, 0.6) is 11.6 Å². The fourth-order valence-electron chi connectivity index (χ4n) is 1.24. The van der Waals surface area contributed by atoms with Crippen LogP contribution in [0.25, 0.3) is 0 Å². The van der Waals surface area contributed by atoms with E-state index in [1.54, 1.807) is 0 Å². The molecule has 1 aromatic carbocycles. The van der Waals surface area contributed by atoms with Gasteiger partial charge in [0.1, 0.15) is 0 Å². The van der Waals surface area contributed by atoms with Gasteiger partial charge in [-0.3, -0.25) is 0 Å². The van der Waals surface area contributed by atoms with E-state index in [2.05, 4.69) is 9.97 Å². The Morgan fingerprint density at radius 2 is 1.83 bits per heavy atom. The second-order valence-electron chi connectivity index (χ2n) is 3.39. The van der Waals surface area contributed by atoms with Crippen LogP contribution in [0.1, 0.15) is 0 Å². The number of anilines is 1. The molecule has 0 radical (unpaired) electrons. The number of nitrogen functional groups attached to an aromatic ring is 1.